The van der Waals surface area contributed by atoms with E-state index >= 15 is 0 Å². The number of para-hydroxylation sites is 1. The molecule has 34 heavy (non-hydrogen) atoms. The predicted molar refractivity (Wildman–Crippen MR) is 139 cm³/mol. The summed E-state index contributed by atoms with van der Waals surface area (Å²) in [7, 11) is 0. The second-order valence-electron chi connectivity index (χ2n) is 10.5. The van der Waals surface area contributed by atoms with Crippen LogP contribution >= 0.6 is 0 Å². The second-order valence-corrected chi connectivity index (χ2v) is 10.5. The summed E-state index contributed by atoms with van der Waals surface area (Å²) in [5, 5.41) is 22.9. The summed E-state index contributed by atoms with van der Waals surface area (Å²) in [5.74, 6) is 0.245. The third kappa shape index (κ3) is 7.24. The number of hydrogen-bond acceptors (Lipinski definition) is 3. The number of nitrogens with zero attached hydrogens (tertiary/aromatic N) is 1. The molecule has 0 bridgehead atoms. The van der Waals surface area contributed by atoms with Gasteiger partial charge in [-0.05, 0) is 28.6 Å². The van der Waals surface area contributed by atoms with Gasteiger partial charge in [-0.3, -0.25) is 4.98 Å². The molecular weight excluding hydrogens is 599 g/mol. The third-order valence-corrected chi connectivity index (χ3v) is 5.52. The van der Waals surface area contributed by atoms with E-state index in [4.69, 9.17) is 4.98 Å². The summed E-state index contributed by atoms with van der Waals surface area (Å²) >= 11 is 0. The Hall–Kier alpha value is -2.52. The Morgan fingerprint density at radius 3 is 2.06 bits per heavy atom. The zero-order valence-electron chi connectivity index (χ0n) is 20.8. The van der Waals surface area contributed by atoms with Crippen LogP contribution in [0.4, 0.5) is 0 Å². The van der Waals surface area contributed by atoms with Crippen LogP contribution in [0, 0.1) is 16.9 Å². The second kappa shape index (κ2) is 11.3. The van der Waals surface area contributed by atoms with Crippen LogP contribution < -0.4 is 0 Å². The number of aromatic nitrogens is 1. The molecule has 1 heterocycles. The molecular formula is C30H34IrNO2-. The van der Waals surface area contributed by atoms with Crippen LogP contribution in [0.2, 0.25) is 0 Å². The number of rotatable bonds is 2. The van der Waals surface area contributed by atoms with Gasteiger partial charge in [-0.15, -0.1) is 29.1 Å². The van der Waals surface area contributed by atoms with Gasteiger partial charge in [-0.1, -0.05) is 102 Å². The van der Waals surface area contributed by atoms with E-state index in [-0.39, 0.29) is 36.7 Å². The minimum absolute atomic E-state index is 0. The molecule has 0 amide bonds. The van der Waals surface area contributed by atoms with Crippen molar-refractivity contribution in [3.8, 4) is 11.3 Å². The van der Waals surface area contributed by atoms with Gasteiger partial charge in [-0.25, -0.2) is 0 Å². The van der Waals surface area contributed by atoms with E-state index in [9.17, 15) is 10.2 Å². The number of pyridine rings is 1. The van der Waals surface area contributed by atoms with Gasteiger partial charge in [0.25, 0.3) is 0 Å². The van der Waals surface area contributed by atoms with E-state index in [2.05, 4.69) is 48.5 Å². The summed E-state index contributed by atoms with van der Waals surface area (Å²) in [6.45, 7) is 11.5. The van der Waals surface area contributed by atoms with Crippen molar-refractivity contribution >= 4 is 21.7 Å². The first kappa shape index (κ1) is 27.7. The number of benzene rings is 3. The third-order valence-electron chi connectivity index (χ3n) is 5.52. The van der Waals surface area contributed by atoms with E-state index in [0.717, 1.165) is 22.2 Å². The fraction of sp³-hybridized carbons (Fsp3) is 0.300. The number of allylic oxidation sites excluding steroid dienone is 1. The van der Waals surface area contributed by atoms with Crippen molar-refractivity contribution < 1.29 is 30.3 Å². The molecule has 0 spiro atoms. The Balaban J connectivity index is 0.000000258. The first-order chi connectivity index (χ1) is 15.4. The maximum absolute atomic E-state index is 9.68. The van der Waals surface area contributed by atoms with Crippen LogP contribution in [-0.2, 0) is 20.1 Å². The molecule has 0 aliphatic heterocycles. The normalized spacial score (nSPS) is 13.1. The SMILES string of the molecule is CC(C)(C)C(O)=CC(O)C(C)(C)C.[Ir].[c-]1cc2ccccc2cc1-c1ccc2ccccc2n1. The van der Waals surface area contributed by atoms with Crippen molar-refractivity contribution in [2.75, 3.05) is 0 Å². The zero-order valence-corrected chi connectivity index (χ0v) is 23.2. The number of fused-ring (bicyclic) bond motifs is 2. The fourth-order valence-electron chi connectivity index (χ4n) is 3.14. The smallest absolute Gasteiger partial charge is 0.0961 e. The molecule has 3 aromatic carbocycles. The summed E-state index contributed by atoms with van der Waals surface area (Å²) < 4.78 is 0. The van der Waals surface area contributed by atoms with Gasteiger partial charge in [0.2, 0.25) is 0 Å². The number of aliphatic hydroxyl groups is 2. The molecule has 0 aliphatic carbocycles. The Labute approximate surface area is 216 Å². The van der Waals surface area contributed by atoms with Crippen LogP contribution in [0.15, 0.2) is 84.6 Å². The number of aliphatic hydroxyl groups excluding tert-OH is 2. The van der Waals surface area contributed by atoms with Crippen molar-refractivity contribution in [3.63, 3.8) is 0 Å². The van der Waals surface area contributed by atoms with Crippen molar-refractivity contribution in [2.45, 2.75) is 47.6 Å². The minimum atomic E-state index is -0.605. The maximum Gasteiger partial charge on any atom is 0.0961 e. The topological polar surface area (TPSA) is 53.4 Å². The van der Waals surface area contributed by atoms with E-state index < -0.39 is 6.10 Å². The molecule has 1 unspecified atom stereocenters. The van der Waals surface area contributed by atoms with Crippen LogP contribution in [0.25, 0.3) is 32.9 Å². The van der Waals surface area contributed by atoms with Gasteiger partial charge in [0.15, 0.2) is 0 Å². The summed E-state index contributed by atoms with van der Waals surface area (Å²) in [5.41, 5.74) is 2.52. The maximum atomic E-state index is 9.68. The van der Waals surface area contributed by atoms with E-state index in [0.29, 0.717) is 0 Å². The number of hydrogen-bond donors (Lipinski definition) is 2. The van der Waals surface area contributed by atoms with Gasteiger partial charge >= 0.3 is 0 Å². The van der Waals surface area contributed by atoms with Crippen LogP contribution in [-0.4, -0.2) is 21.3 Å². The Morgan fingerprint density at radius 2 is 1.44 bits per heavy atom. The van der Waals surface area contributed by atoms with Crippen molar-refractivity contribution in [1.29, 1.82) is 0 Å². The van der Waals surface area contributed by atoms with Crippen molar-refractivity contribution in [2.24, 2.45) is 10.8 Å². The largest absolute Gasteiger partial charge is 0.512 e. The van der Waals surface area contributed by atoms with E-state index in [1.54, 1.807) is 0 Å². The molecule has 4 heteroatoms. The van der Waals surface area contributed by atoms with E-state index in [1.165, 1.54) is 16.8 Å². The minimum Gasteiger partial charge on any atom is -0.512 e. The molecule has 0 saturated carbocycles. The monoisotopic (exact) mass is 633 g/mol. The average molecular weight is 633 g/mol. The molecule has 2 N–H and O–H groups in total. The van der Waals surface area contributed by atoms with Crippen LogP contribution in [0.1, 0.15) is 41.5 Å². The fourth-order valence-corrected chi connectivity index (χ4v) is 3.14. The average Bonchev–Trinajstić information content (AvgIpc) is 2.77. The van der Waals surface area contributed by atoms with Crippen molar-refractivity contribution in [3.05, 3.63) is 90.7 Å². The molecule has 4 rings (SSSR count). The molecule has 1 atom stereocenters. The molecule has 0 fully saturated rings. The van der Waals surface area contributed by atoms with Crippen molar-refractivity contribution in [1.82, 2.24) is 4.98 Å². The van der Waals surface area contributed by atoms with Gasteiger partial charge < -0.3 is 10.2 Å². The first-order valence-electron chi connectivity index (χ1n) is 11.3. The molecule has 3 nitrogen and oxygen atoms in total. The summed E-state index contributed by atoms with van der Waals surface area (Å²) in [6.07, 6.45) is 0.923. The standard InChI is InChI=1S/C19H12N.C11H22O2.Ir/c1-2-7-16-13-17(10-9-14(16)5-1)19-12-11-15-6-3-4-8-18(15)20-19;1-10(2,3)8(12)7-9(13)11(4,5)6;/h1-9,11-13H;7-8,12-13H,1-6H3;/q-1;;. The molecule has 181 valence electrons. The molecule has 0 aliphatic rings. The summed E-state index contributed by atoms with van der Waals surface area (Å²) in [4.78, 5) is 4.72. The van der Waals surface area contributed by atoms with Gasteiger partial charge in [0.1, 0.15) is 0 Å². The Morgan fingerprint density at radius 1 is 0.853 bits per heavy atom. The predicted octanol–water partition coefficient (Wildman–Crippen LogP) is 7.73. The van der Waals surface area contributed by atoms with Gasteiger partial charge in [0.05, 0.1) is 17.4 Å². The molecule has 1 radical (unpaired) electrons. The first-order valence-corrected chi connectivity index (χ1v) is 11.3. The zero-order chi connectivity index (χ0) is 24.2. The molecule has 4 aromatic rings. The van der Waals surface area contributed by atoms with E-state index in [1.807, 2.05) is 71.9 Å². The molecule has 1 aromatic heterocycles. The summed E-state index contributed by atoms with van der Waals surface area (Å²) in [6, 6.07) is 28.2. The Bertz CT molecular complexity index is 1190. The Kier molecular flexibility index (Phi) is 9.19. The van der Waals surface area contributed by atoms with Gasteiger partial charge in [0, 0.05) is 25.5 Å². The molecule has 0 saturated heterocycles. The van der Waals surface area contributed by atoms with Gasteiger partial charge in [-0.2, -0.15) is 0 Å². The quantitative estimate of drug-likeness (QED) is 0.176. The van der Waals surface area contributed by atoms with Crippen LogP contribution in [0.5, 0.6) is 0 Å². The van der Waals surface area contributed by atoms with Crippen LogP contribution in [0.3, 0.4) is 0 Å².